The standard InChI is InChI=1S/C32H26/c1-20-29-19-30(27-13-11-22-7-3-5-9-24(22)17-27)28-15-14-26(18-31(28)32(20)29)25-12-10-21-6-2-4-8-23(21)16-25/h2-10,12,14-20,29,32H,11,13H2,1H3. The first-order valence-corrected chi connectivity index (χ1v) is 11.9. The summed E-state index contributed by atoms with van der Waals surface area (Å²) < 4.78 is 0. The van der Waals surface area contributed by atoms with Crippen LogP contribution in [0.2, 0.25) is 0 Å². The van der Waals surface area contributed by atoms with Crippen LogP contribution in [-0.2, 0) is 6.42 Å². The molecule has 0 N–H and O–H groups in total. The molecule has 0 nitrogen and oxygen atoms in total. The molecular formula is C32H26. The minimum absolute atomic E-state index is 0.686. The SMILES string of the molecule is CC1C2C=C(C3=Cc4ccccc4CC3)c3ccc(-c4ccc5ccccc5c4)cc3C12. The Morgan fingerprint density at radius 3 is 2.44 bits per heavy atom. The van der Waals surface area contributed by atoms with Crippen LogP contribution in [0.15, 0.2) is 96.6 Å². The predicted molar refractivity (Wildman–Crippen MR) is 135 cm³/mol. The Labute approximate surface area is 189 Å². The maximum Gasteiger partial charge on any atom is -0.00580 e. The van der Waals surface area contributed by atoms with Crippen LogP contribution in [0.3, 0.4) is 0 Å². The molecule has 154 valence electrons. The molecule has 4 aromatic carbocycles. The van der Waals surface area contributed by atoms with Crippen LogP contribution in [-0.4, -0.2) is 0 Å². The lowest BCUT2D eigenvalue weighted by atomic mass is 9.80. The summed E-state index contributed by atoms with van der Waals surface area (Å²) >= 11 is 0. The molecule has 4 aromatic rings. The van der Waals surface area contributed by atoms with Crippen molar-refractivity contribution < 1.29 is 0 Å². The number of fused-ring (bicyclic) bond motifs is 5. The fourth-order valence-electron chi connectivity index (χ4n) is 6.08. The van der Waals surface area contributed by atoms with Crippen molar-refractivity contribution in [3.8, 4) is 11.1 Å². The average molecular weight is 411 g/mol. The van der Waals surface area contributed by atoms with Gasteiger partial charge in [-0.2, -0.15) is 0 Å². The van der Waals surface area contributed by atoms with E-state index in [1.165, 1.54) is 49.7 Å². The van der Waals surface area contributed by atoms with Gasteiger partial charge in [0.05, 0.1) is 0 Å². The molecule has 0 saturated heterocycles. The Kier molecular flexibility index (Phi) is 3.88. The fraction of sp³-hybridized carbons (Fsp3) is 0.188. The van der Waals surface area contributed by atoms with E-state index >= 15 is 0 Å². The van der Waals surface area contributed by atoms with E-state index in [1.807, 2.05) is 0 Å². The van der Waals surface area contributed by atoms with Gasteiger partial charge in [-0.15, -0.1) is 0 Å². The number of hydrogen-bond donors (Lipinski definition) is 0. The van der Waals surface area contributed by atoms with Crippen LogP contribution in [0.1, 0.15) is 41.5 Å². The van der Waals surface area contributed by atoms with Gasteiger partial charge in [-0.05, 0) is 92.0 Å². The summed E-state index contributed by atoms with van der Waals surface area (Å²) in [6, 6.07) is 31.6. The molecule has 3 atom stereocenters. The topological polar surface area (TPSA) is 0 Å². The first kappa shape index (κ1) is 18.2. The van der Waals surface area contributed by atoms with Crippen molar-refractivity contribution in [3.05, 3.63) is 119 Å². The molecule has 0 amide bonds. The summed E-state index contributed by atoms with van der Waals surface area (Å²) in [5.41, 5.74) is 11.6. The van der Waals surface area contributed by atoms with Gasteiger partial charge in [0.1, 0.15) is 0 Å². The molecular weight excluding hydrogens is 384 g/mol. The van der Waals surface area contributed by atoms with Crippen molar-refractivity contribution in [1.29, 1.82) is 0 Å². The van der Waals surface area contributed by atoms with Crippen LogP contribution in [0.5, 0.6) is 0 Å². The van der Waals surface area contributed by atoms with Gasteiger partial charge < -0.3 is 0 Å². The zero-order valence-electron chi connectivity index (χ0n) is 18.4. The summed E-state index contributed by atoms with van der Waals surface area (Å²) in [6.07, 6.45) is 7.32. The van der Waals surface area contributed by atoms with Gasteiger partial charge in [0.2, 0.25) is 0 Å². The van der Waals surface area contributed by atoms with Crippen LogP contribution >= 0.6 is 0 Å². The molecule has 3 aliphatic rings. The summed E-state index contributed by atoms with van der Waals surface area (Å²) in [4.78, 5) is 0. The third kappa shape index (κ3) is 2.76. The molecule has 1 saturated carbocycles. The van der Waals surface area contributed by atoms with Crippen molar-refractivity contribution >= 4 is 22.4 Å². The minimum Gasteiger partial charge on any atom is -0.0723 e. The third-order valence-corrected chi connectivity index (χ3v) is 7.98. The summed E-state index contributed by atoms with van der Waals surface area (Å²) in [6.45, 7) is 2.42. The number of allylic oxidation sites excluding steroid dienone is 3. The van der Waals surface area contributed by atoms with E-state index in [0.29, 0.717) is 11.8 Å². The van der Waals surface area contributed by atoms with Crippen LogP contribution < -0.4 is 0 Å². The summed E-state index contributed by atoms with van der Waals surface area (Å²) in [5.74, 6) is 2.13. The van der Waals surface area contributed by atoms with E-state index in [1.54, 1.807) is 5.56 Å². The Bertz CT molecular complexity index is 1450. The van der Waals surface area contributed by atoms with Crippen LogP contribution in [0, 0.1) is 11.8 Å². The van der Waals surface area contributed by atoms with Crippen molar-refractivity contribution in [3.63, 3.8) is 0 Å². The van der Waals surface area contributed by atoms with Crippen molar-refractivity contribution in [2.75, 3.05) is 0 Å². The quantitative estimate of drug-likeness (QED) is 0.312. The molecule has 0 radical (unpaired) electrons. The van der Waals surface area contributed by atoms with Crippen LogP contribution in [0.4, 0.5) is 0 Å². The van der Waals surface area contributed by atoms with Crippen molar-refractivity contribution in [2.45, 2.75) is 25.7 Å². The van der Waals surface area contributed by atoms with Gasteiger partial charge in [0.25, 0.3) is 0 Å². The monoisotopic (exact) mass is 410 g/mol. The molecule has 3 aliphatic carbocycles. The molecule has 0 spiro atoms. The molecule has 0 heterocycles. The number of aryl methyl sites for hydroxylation is 1. The normalized spacial score (nSPS) is 23.0. The molecule has 3 unspecified atom stereocenters. The van der Waals surface area contributed by atoms with Gasteiger partial charge >= 0.3 is 0 Å². The Hall–Kier alpha value is -3.38. The van der Waals surface area contributed by atoms with Crippen LogP contribution in [0.25, 0.3) is 33.5 Å². The largest absolute Gasteiger partial charge is 0.0723 e. The molecule has 0 bridgehead atoms. The van der Waals surface area contributed by atoms with E-state index in [4.69, 9.17) is 0 Å². The van der Waals surface area contributed by atoms with Gasteiger partial charge in [-0.3, -0.25) is 0 Å². The van der Waals surface area contributed by atoms with E-state index in [-0.39, 0.29) is 0 Å². The van der Waals surface area contributed by atoms with E-state index in [9.17, 15) is 0 Å². The molecule has 0 heteroatoms. The number of hydrogen-bond acceptors (Lipinski definition) is 0. The lowest BCUT2D eigenvalue weighted by Gasteiger charge is -2.24. The van der Waals surface area contributed by atoms with Gasteiger partial charge in [-0.1, -0.05) is 97.9 Å². The Morgan fingerprint density at radius 1 is 0.719 bits per heavy atom. The van der Waals surface area contributed by atoms with E-state index in [2.05, 4.69) is 104 Å². The van der Waals surface area contributed by atoms with E-state index in [0.717, 1.165) is 18.8 Å². The molecule has 32 heavy (non-hydrogen) atoms. The van der Waals surface area contributed by atoms with Gasteiger partial charge in [-0.25, -0.2) is 0 Å². The van der Waals surface area contributed by atoms with Crippen molar-refractivity contribution in [1.82, 2.24) is 0 Å². The second-order valence-corrected chi connectivity index (χ2v) is 9.77. The Morgan fingerprint density at radius 2 is 1.50 bits per heavy atom. The summed E-state index contributed by atoms with van der Waals surface area (Å²) in [7, 11) is 0. The second kappa shape index (κ2) is 6.81. The lowest BCUT2D eigenvalue weighted by molar-refractivity contribution is 0.891. The highest BCUT2D eigenvalue weighted by molar-refractivity contribution is 5.91. The first-order valence-electron chi connectivity index (χ1n) is 11.9. The zero-order valence-corrected chi connectivity index (χ0v) is 18.4. The molecule has 0 aliphatic heterocycles. The van der Waals surface area contributed by atoms with Crippen molar-refractivity contribution in [2.24, 2.45) is 11.8 Å². The average Bonchev–Trinajstić information content (AvgIpc) is 3.52. The highest BCUT2D eigenvalue weighted by Crippen LogP contribution is 2.61. The van der Waals surface area contributed by atoms with E-state index < -0.39 is 0 Å². The van der Waals surface area contributed by atoms with Gasteiger partial charge in [0.15, 0.2) is 0 Å². The Balaban J connectivity index is 1.33. The number of benzene rings is 4. The highest BCUT2D eigenvalue weighted by atomic mass is 14.5. The van der Waals surface area contributed by atoms with Gasteiger partial charge in [0, 0.05) is 0 Å². The number of rotatable bonds is 2. The molecule has 0 aromatic heterocycles. The molecule has 7 rings (SSSR count). The maximum absolute atomic E-state index is 2.59. The smallest absolute Gasteiger partial charge is 0.00580 e. The third-order valence-electron chi connectivity index (χ3n) is 7.98. The fourth-order valence-corrected chi connectivity index (χ4v) is 6.08. The minimum atomic E-state index is 0.686. The predicted octanol–water partition coefficient (Wildman–Crippen LogP) is 8.28. The maximum atomic E-state index is 2.59. The summed E-state index contributed by atoms with van der Waals surface area (Å²) in [5, 5.41) is 2.62. The first-order chi connectivity index (χ1) is 15.8. The molecule has 1 fully saturated rings. The second-order valence-electron chi connectivity index (χ2n) is 9.77. The highest BCUT2D eigenvalue weighted by Gasteiger charge is 2.49. The zero-order chi connectivity index (χ0) is 21.2. The lowest BCUT2D eigenvalue weighted by Crippen LogP contribution is -2.05.